The number of hydrogen-bond donors (Lipinski definition) is 2. The van der Waals surface area contributed by atoms with Crippen LogP contribution in [0.3, 0.4) is 0 Å². The van der Waals surface area contributed by atoms with Gasteiger partial charge in [-0.3, -0.25) is 4.98 Å². The number of para-hydroxylation sites is 1. The SMILES string of the molecule is CCC(C)c1cnc2c(NCCc3c[nH]c4ccccc34)cc(-c3cncc(Cl)c3)cn12. The molecule has 5 rings (SSSR count). The summed E-state index contributed by atoms with van der Waals surface area (Å²) in [5, 5.41) is 5.54. The van der Waals surface area contributed by atoms with Gasteiger partial charge in [-0.25, -0.2) is 4.98 Å². The van der Waals surface area contributed by atoms with E-state index in [1.807, 2.05) is 18.5 Å². The summed E-state index contributed by atoms with van der Waals surface area (Å²) in [5.41, 5.74) is 7.69. The molecule has 2 N–H and O–H groups in total. The first kappa shape index (κ1) is 20.6. The highest BCUT2D eigenvalue weighted by molar-refractivity contribution is 6.30. The second-order valence-corrected chi connectivity index (χ2v) is 8.69. The summed E-state index contributed by atoms with van der Waals surface area (Å²) in [6.45, 7) is 5.25. The summed E-state index contributed by atoms with van der Waals surface area (Å²) in [7, 11) is 0. The number of halogens is 1. The zero-order valence-corrected chi connectivity index (χ0v) is 19.0. The van der Waals surface area contributed by atoms with E-state index in [1.54, 1.807) is 6.20 Å². The van der Waals surface area contributed by atoms with Crippen molar-refractivity contribution in [1.29, 1.82) is 0 Å². The molecule has 1 aromatic carbocycles. The van der Waals surface area contributed by atoms with Gasteiger partial charge in [0.05, 0.1) is 10.7 Å². The van der Waals surface area contributed by atoms with E-state index in [1.165, 1.54) is 22.2 Å². The third-order valence-electron chi connectivity index (χ3n) is 6.17. The molecule has 4 heterocycles. The van der Waals surface area contributed by atoms with E-state index in [4.69, 9.17) is 16.6 Å². The number of hydrogen-bond acceptors (Lipinski definition) is 3. The molecule has 0 spiro atoms. The third kappa shape index (κ3) is 3.84. The number of anilines is 1. The van der Waals surface area contributed by atoms with Crippen molar-refractivity contribution in [3.05, 3.63) is 83.7 Å². The van der Waals surface area contributed by atoms with E-state index in [0.29, 0.717) is 10.9 Å². The molecule has 0 saturated heterocycles. The van der Waals surface area contributed by atoms with Crippen LogP contribution >= 0.6 is 11.6 Å². The van der Waals surface area contributed by atoms with Gasteiger partial charge in [0.1, 0.15) is 0 Å². The van der Waals surface area contributed by atoms with Crippen LogP contribution in [0.5, 0.6) is 0 Å². The fourth-order valence-corrected chi connectivity index (χ4v) is 4.38. The first-order chi connectivity index (χ1) is 15.6. The van der Waals surface area contributed by atoms with Crippen LogP contribution in [0.2, 0.25) is 5.02 Å². The number of nitrogens with zero attached hydrogens (tertiary/aromatic N) is 3. The largest absolute Gasteiger partial charge is 0.382 e. The molecule has 0 aliphatic heterocycles. The standard InChI is InChI=1S/C26H26ClN5/c1-3-17(2)25-15-31-26-24(11-20(16-32(25)26)19-10-21(27)14-28-12-19)29-9-8-18-13-30-23-7-5-4-6-22(18)23/h4-7,10-17,29-30H,3,8-9H2,1-2H3. The number of rotatable bonds is 7. The summed E-state index contributed by atoms with van der Waals surface area (Å²) >= 11 is 6.22. The maximum absolute atomic E-state index is 6.22. The number of pyridine rings is 2. The van der Waals surface area contributed by atoms with Crippen molar-refractivity contribution in [1.82, 2.24) is 19.4 Å². The Labute approximate surface area is 192 Å². The molecule has 0 saturated carbocycles. The Morgan fingerprint density at radius 1 is 1.12 bits per heavy atom. The minimum atomic E-state index is 0.414. The van der Waals surface area contributed by atoms with Gasteiger partial charge < -0.3 is 14.7 Å². The first-order valence-corrected chi connectivity index (χ1v) is 11.4. The Morgan fingerprint density at radius 3 is 2.84 bits per heavy atom. The molecule has 4 aromatic heterocycles. The molecule has 6 heteroatoms. The van der Waals surface area contributed by atoms with Crippen molar-refractivity contribution in [2.75, 3.05) is 11.9 Å². The Bertz CT molecular complexity index is 1380. The Morgan fingerprint density at radius 2 is 2.00 bits per heavy atom. The molecule has 0 amide bonds. The predicted molar refractivity (Wildman–Crippen MR) is 133 cm³/mol. The topological polar surface area (TPSA) is 58.0 Å². The van der Waals surface area contributed by atoms with Gasteiger partial charge in [-0.05, 0) is 42.5 Å². The van der Waals surface area contributed by atoms with E-state index >= 15 is 0 Å². The molecule has 0 bridgehead atoms. The summed E-state index contributed by atoms with van der Waals surface area (Å²) in [4.78, 5) is 12.4. The van der Waals surface area contributed by atoms with Gasteiger partial charge in [0.25, 0.3) is 0 Å². The van der Waals surface area contributed by atoms with E-state index in [-0.39, 0.29) is 0 Å². The smallest absolute Gasteiger partial charge is 0.160 e. The Balaban J connectivity index is 1.50. The van der Waals surface area contributed by atoms with Crippen LogP contribution in [0.4, 0.5) is 5.69 Å². The number of H-pyrrole nitrogens is 1. The first-order valence-electron chi connectivity index (χ1n) is 11.0. The fourth-order valence-electron chi connectivity index (χ4n) is 4.21. The molecule has 1 atom stereocenters. The molecule has 5 aromatic rings. The van der Waals surface area contributed by atoms with Crippen molar-refractivity contribution in [2.45, 2.75) is 32.6 Å². The molecular weight excluding hydrogens is 418 g/mol. The molecule has 5 nitrogen and oxygen atoms in total. The van der Waals surface area contributed by atoms with E-state index < -0.39 is 0 Å². The maximum atomic E-state index is 6.22. The van der Waals surface area contributed by atoms with Gasteiger partial charge in [0.15, 0.2) is 5.65 Å². The molecule has 162 valence electrons. The molecule has 32 heavy (non-hydrogen) atoms. The number of aromatic nitrogens is 4. The van der Waals surface area contributed by atoms with Gasteiger partial charge in [0, 0.05) is 65.3 Å². The van der Waals surface area contributed by atoms with E-state index in [2.05, 4.69) is 76.3 Å². The maximum Gasteiger partial charge on any atom is 0.160 e. The third-order valence-corrected chi connectivity index (χ3v) is 6.38. The number of aromatic amines is 1. The normalized spacial score (nSPS) is 12.5. The van der Waals surface area contributed by atoms with Crippen LogP contribution in [0.1, 0.15) is 37.4 Å². The van der Waals surface area contributed by atoms with Crippen molar-refractivity contribution in [3.63, 3.8) is 0 Å². The van der Waals surface area contributed by atoms with Gasteiger partial charge in [-0.2, -0.15) is 0 Å². The van der Waals surface area contributed by atoms with Crippen LogP contribution in [-0.2, 0) is 6.42 Å². The molecule has 1 unspecified atom stereocenters. The molecule has 0 aliphatic carbocycles. The number of imidazole rings is 1. The lowest BCUT2D eigenvalue weighted by Gasteiger charge is -2.14. The van der Waals surface area contributed by atoms with E-state index in [0.717, 1.165) is 41.8 Å². The average molecular weight is 444 g/mol. The monoisotopic (exact) mass is 443 g/mol. The average Bonchev–Trinajstić information content (AvgIpc) is 3.43. The van der Waals surface area contributed by atoms with Gasteiger partial charge in [0.2, 0.25) is 0 Å². The highest BCUT2D eigenvalue weighted by atomic mass is 35.5. The fraction of sp³-hybridized carbons (Fsp3) is 0.231. The minimum Gasteiger partial charge on any atom is -0.382 e. The lowest BCUT2D eigenvalue weighted by molar-refractivity contribution is 0.701. The highest BCUT2D eigenvalue weighted by Gasteiger charge is 2.15. The second-order valence-electron chi connectivity index (χ2n) is 8.26. The molecule has 0 aliphatic rings. The van der Waals surface area contributed by atoms with Gasteiger partial charge in [-0.15, -0.1) is 0 Å². The lowest BCUT2D eigenvalue weighted by Crippen LogP contribution is -2.07. The second kappa shape index (κ2) is 8.67. The lowest BCUT2D eigenvalue weighted by atomic mass is 10.1. The quantitative estimate of drug-likeness (QED) is 0.294. The number of nitrogens with one attached hydrogen (secondary N) is 2. The Kier molecular flexibility index (Phi) is 5.58. The number of fused-ring (bicyclic) bond motifs is 2. The zero-order chi connectivity index (χ0) is 22.1. The number of benzene rings is 1. The van der Waals surface area contributed by atoms with Gasteiger partial charge in [-0.1, -0.05) is 43.6 Å². The molecule has 0 fully saturated rings. The highest BCUT2D eigenvalue weighted by Crippen LogP contribution is 2.30. The minimum absolute atomic E-state index is 0.414. The summed E-state index contributed by atoms with van der Waals surface area (Å²) in [5.74, 6) is 0.414. The zero-order valence-electron chi connectivity index (χ0n) is 18.3. The van der Waals surface area contributed by atoms with Crippen molar-refractivity contribution >= 4 is 33.8 Å². The Hall–Kier alpha value is -3.31. The van der Waals surface area contributed by atoms with Crippen molar-refractivity contribution in [2.24, 2.45) is 0 Å². The van der Waals surface area contributed by atoms with Crippen LogP contribution in [0.15, 0.2) is 67.4 Å². The van der Waals surface area contributed by atoms with Crippen LogP contribution in [0.25, 0.3) is 27.7 Å². The molecule has 0 radical (unpaired) electrons. The van der Waals surface area contributed by atoms with Crippen molar-refractivity contribution < 1.29 is 0 Å². The predicted octanol–water partition coefficient (Wildman–Crippen LogP) is 6.70. The van der Waals surface area contributed by atoms with Crippen LogP contribution < -0.4 is 5.32 Å². The van der Waals surface area contributed by atoms with Crippen molar-refractivity contribution in [3.8, 4) is 11.1 Å². The summed E-state index contributed by atoms with van der Waals surface area (Å²) in [6, 6.07) is 12.5. The van der Waals surface area contributed by atoms with Crippen LogP contribution in [0, 0.1) is 0 Å². The molecular formula is C26H26ClN5. The van der Waals surface area contributed by atoms with E-state index in [9.17, 15) is 0 Å². The summed E-state index contributed by atoms with van der Waals surface area (Å²) in [6.07, 6.45) is 11.7. The van der Waals surface area contributed by atoms with Gasteiger partial charge >= 0.3 is 0 Å². The summed E-state index contributed by atoms with van der Waals surface area (Å²) < 4.78 is 2.21. The van der Waals surface area contributed by atoms with Crippen LogP contribution in [-0.4, -0.2) is 25.9 Å².